The van der Waals surface area contributed by atoms with E-state index in [4.69, 9.17) is 33.7 Å². The van der Waals surface area contributed by atoms with Gasteiger partial charge in [-0.15, -0.1) is 5.10 Å². The van der Waals surface area contributed by atoms with Crippen LogP contribution in [0.1, 0.15) is 42.6 Å². The highest BCUT2D eigenvalue weighted by Gasteiger charge is 2.31. The summed E-state index contributed by atoms with van der Waals surface area (Å²) in [4.78, 5) is 0.852. The van der Waals surface area contributed by atoms with Crippen molar-refractivity contribution in [2.75, 3.05) is 26.3 Å². The van der Waals surface area contributed by atoms with Gasteiger partial charge in [-0.05, 0) is 61.6 Å². The van der Waals surface area contributed by atoms with Gasteiger partial charge in [-0.25, -0.2) is 12.9 Å². The Kier molecular flexibility index (Phi) is 8.26. The van der Waals surface area contributed by atoms with Gasteiger partial charge in [-0.2, -0.15) is 4.31 Å². The van der Waals surface area contributed by atoms with Crippen molar-refractivity contribution in [3.05, 3.63) is 101 Å². The summed E-state index contributed by atoms with van der Waals surface area (Å²) in [6.07, 6.45) is 2.85. The topological polar surface area (TPSA) is 80.9 Å². The molecule has 0 saturated carbocycles. The smallest absolute Gasteiger partial charge is 0.243 e. The highest BCUT2D eigenvalue weighted by molar-refractivity contribution is 7.89. The molecule has 0 aliphatic carbocycles. The number of nitrogens with zero attached hydrogens (tertiary/aromatic N) is 4. The number of thiocarbonyl (C=S) groups is 1. The number of nitrogens with one attached hydrogen (secondary N) is 1. The molecule has 1 atom stereocenters. The molecule has 0 spiro atoms. The third-order valence-corrected chi connectivity index (χ3v) is 11.1. The van der Waals surface area contributed by atoms with E-state index in [1.165, 1.54) is 9.87 Å². The van der Waals surface area contributed by atoms with Crippen molar-refractivity contribution >= 4 is 44.5 Å². The number of benzene rings is 3. The highest BCUT2D eigenvalue weighted by atomic mass is 35.5. The number of aromatic nitrogens is 3. The molecule has 232 valence electrons. The van der Waals surface area contributed by atoms with Crippen molar-refractivity contribution in [2.24, 2.45) is 0 Å². The third-order valence-electron chi connectivity index (χ3n) is 8.68. The molecule has 2 aliphatic heterocycles. The molecular weight excluding hydrogens is 626 g/mol. The molecule has 1 N–H and O–H groups in total. The summed E-state index contributed by atoms with van der Waals surface area (Å²) in [7, 11) is -3.67. The summed E-state index contributed by atoms with van der Waals surface area (Å²) < 4.78 is 38.2. The average Bonchev–Trinajstić information content (AvgIpc) is 3.49. The van der Waals surface area contributed by atoms with E-state index in [0.717, 1.165) is 65.2 Å². The molecule has 4 heterocycles. The van der Waals surface area contributed by atoms with Crippen LogP contribution in [0, 0.1) is 0 Å². The van der Waals surface area contributed by atoms with Gasteiger partial charge in [-0.3, -0.25) is 0 Å². The van der Waals surface area contributed by atoms with Crippen molar-refractivity contribution in [2.45, 2.75) is 43.7 Å². The predicted molar refractivity (Wildman–Crippen MR) is 181 cm³/mol. The Hall–Kier alpha value is -3.54. The fourth-order valence-corrected chi connectivity index (χ4v) is 8.36. The standard InChI is InChI=1S/C34H34ClN5O3S2/c1-23(24-8-3-2-4-9-24)36-33(44)31-30(25-13-15-27(35)16-14-25)29-12-5-6-17-39-32(37-40(31)34(29)39)26-10-7-11-28(22-26)45(41,42)38-18-20-43-21-19-38/h2-4,7-11,13-16,22-23H,5-6,12,17-21H2,1H3,(H,36,44)/t23-/m1/s1. The Morgan fingerprint density at radius 1 is 0.956 bits per heavy atom. The van der Waals surface area contributed by atoms with Gasteiger partial charge in [-0.1, -0.05) is 78.4 Å². The molecule has 2 aliphatic rings. The maximum atomic E-state index is 13.6. The van der Waals surface area contributed by atoms with E-state index in [9.17, 15) is 8.42 Å². The van der Waals surface area contributed by atoms with Crippen LogP contribution in [0.2, 0.25) is 5.02 Å². The van der Waals surface area contributed by atoms with Crippen LogP contribution in [-0.4, -0.2) is 58.2 Å². The Balaban J connectivity index is 1.39. The zero-order valence-corrected chi connectivity index (χ0v) is 27.3. The fraction of sp³-hybridized carbons (Fsp3) is 0.294. The summed E-state index contributed by atoms with van der Waals surface area (Å²) in [6, 6.07) is 25.2. The average molecular weight is 660 g/mol. The lowest BCUT2D eigenvalue weighted by Gasteiger charge is -2.26. The first-order valence-electron chi connectivity index (χ1n) is 15.3. The van der Waals surface area contributed by atoms with Crippen molar-refractivity contribution in [1.82, 2.24) is 23.8 Å². The Labute approximate surface area is 273 Å². The monoisotopic (exact) mass is 659 g/mol. The van der Waals surface area contributed by atoms with Crippen molar-refractivity contribution in [3.63, 3.8) is 0 Å². The summed E-state index contributed by atoms with van der Waals surface area (Å²) in [5.41, 5.74) is 6.94. The van der Waals surface area contributed by atoms with Gasteiger partial charge in [0.2, 0.25) is 10.0 Å². The maximum Gasteiger partial charge on any atom is 0.243 e. The van der Waals surface area contributed by atoms with Crippen molar-refractivity contribution in [1.29, 1.82) is 0 Å². The van der Waals surface area contributed by atoms with E-state index in [0.29, 0.717) is 36.3 Å². The molecule has 11 heteroatoms. The van der Waals surface area contributed by atoms with Crippen LogP contribution in [0.5, 0.6) is 0 Å². The fourth-order valence-electron chi connectivity index (χ4n) is 6.41. The minimum atomic E-state index is -3.67. The molecule has 7 rings (SSSR count). The highest BCUT2D eigenvalue weighted by Crippen LogP contribution is 2.39. The SMILES string of the molecule is C[C@@H](NC(=S)c1c(-c2ccc(Cl)cc2)c2c3n(c(-c4cccc(S(=O)(=O)N5CCOCC5)c4)nn13)CCCC2)c1ccccc1. The van der Waals surface area contributed by atoms with Crippen LogP contribution in [-0.2, 0) is 27.7 Å². The number of aryl methyl sites for hydroxylation is 2. The first-order chi connectivity index (χ1) is 21.8. The van der Waals surface area contributed by atoms with E-state index in [2.05, 4.69) is 28.9 Å². The second-order valence-electron chi connectivity index (χ2n) is 11.5. The van der Waals surface area contributed by atoms with E-state index in [-0.39, 0.29) is 10.9 Å². The van der Waals surface area contributed by atoms with Crippen LogP contribution >= 0.6 is 23.8 Å². The maximum absolute atomic E-state index is 13.6. The number of sulfonamides is 1. The van der Waals surface area contributed by atoms with Crippen molar-refractivity contribution < 1.29 is 13.2 Å². The Bertz CT molecular complexity index is 1980. The lowest BCUT2D eigenvalue weighted by Crippen LogP contribution is -2.40. The minimum Gasteiger partial charge on any atom is -0.379 e. The molecule has 45 heavy (non-hydrogen) atoms. The number of ether oxygens (including phenoxy) is 1. The quantitative estimate of drug-likeness (QED) is 0.201. The van der Waals surface area contributed by atoms with Gasteiger partial charge in [0.25, 0.3) is 0 Å². The lowest BCUT2D eigenvalue weighted by atomic mass is 9.98. The number of hydrogen-bond acceptors (Lipinski definition) is 5. The molecular formula is C34H34ClN5O3S2. The zero-order valence-electron chi connectivity index (χ0n) is 24.9. The lowest BCUT2D eigenvalue weighted by molar-refractivity contribution is 0.0730. The second kappa shape index (κ2) is 12.3. The van der Waals surface area contributed by atoms with E-state index >= 15 is 0 Å². The van der Waals surface area contributed by atoms with Crippen LogP contribution in [0.25, 0.3) is 28.2 Å². The van der Waals surface area contributed by atoms with Gasteiger partial charge < -0.3 is 14.6 Å². The first-order valence-corrected chi connectivity index (χ1v) is 17.5. The molecule has 1 fully saturated rings. The number of rotatable bonds is 7. The molecule has 5 aromatic rings. The second-order valence-corrected chi connectivity index (χ2v) is 14.3. The van der Waals surface area contributed by atoms with Gasteiger partial charge in [0, 0.05) is 47.4 Å². The van der Waals surface area contributed by atoms with Crippen LogP contribution in [0.4, 0.5) is 0 Å². The normalized spacial score (nSPS) is 16.4. The van der Waals surface area contributed by atoms with E-state index < -0.39 is 10.0 Å². The molecule has 8 nitrogen and oxygen atoms in total. The molecule has 1 saturated heterocycles. The van der Waals surface area contributed by atoms with E-state index in [1.807, 2.05) is 53.0 Å². The molecule has 2 aromatic heterocycles. The summed E-state index contributed by atoms with van der Waals surface area (Å²) in [5.74, 6) is 0.718. The van der Waals surface area contributed by atoms with Gasteiger partial charge >= 0.3 is 0 Å². The van der Waals surface area contributed by atoms with Crippen LogP contribution in [0.3, 0.4) is 0 Å². The zero-order chi connectivity index (χ0) is 31.1. The molecule has 0 radical (unpaired) electrons. The van der Waals surface area contributed by atoms with Crippen LogP contribution < -0.4 is 5.32 Å². The summed E-state index contributed by atoms with van der Waals surface area (Å²) >= 11 is 12.5. The Morgan fingerprint density at radius 3 is 2.47 bits per heavy atom. The van der Waals surface area contributed by atoms with Crippen LogP contribution in [0.15, 0.2) is 83.8 Å². The Morgan fingerprint density at radius 2 is 1.71 bits per heavy atom. The summed E-state index contributed by atoms with van der Waals surface area (Å²) in [5, 5.41) is 9.44. The minimum absolute atomic E-state index is 0.0256. The number of hydrogen-bond donors (Lipinski definition) is 1. The third kappa shape index (κ3) is 5.59. The van der Waals surface area contributed by atoms with Gasteiger partial charge in [0.05, 0.1) is 18.1 Å². The first kappa shape index (κ1) is 30.1. The molecule has 0 amide bonds. The molecule has 3 aromatic carbocycles. The van der Waals surface area contributed by atoms with Gasteiger partial charge in [0.15, 0.2) is 5.82 Å². The number of morpholine rings is 1. The van der Waals surface area contributed by atoms with E-state index in [1.54, 1.807) is 18.2 Å². The molecule has 0 bridgehead atoms. The number of halogens is 1. The summed E-state index contributed by atoms with van der Waals surface area (Å²) in [6.45, 7) is 4.34. The molecule has 0 unspecified atom stereocenters. The van der Waals surface area contributed by atoms with Crippen molar-refractivity contribution in [3.8, 4) is 22.5 Å². The van der Waals surface area contributed by atoms with Gasteiger partial charge in [0.1, 0.15) is 16.3 Å². The largest absolute Gasteiger partial charge is 0.379 e. The predicted octanol–water partition coefficient (Wildman–Crippen LogP) is 6.51.